The van der Waals surface area contributed by atoms with Crippen molar-refractivity contribution >= 4 is 0 Å². The second-order valence-corrected chi connectivity index (χ2v) is 3.46. The number of benzene rings is 1. The van der Waals surface area contributed by atoms with Crippen LogP contribution in [-0.4, -0.2) is 19.1 Å². The van der Waals surface area contributed by atoms with Gasteiger partial charge in [-0.05, 0) is 5.56 Å². The molecule has 0 spiro atoms. The minimum absolute atomic E-state index is 0.0297. The lowest BCUT2D eigenvalue weighted by Gasteiger charge is -2.33. The zero-order valence-electron chi connectivity index (χ0n) is 7.91. The van der Waals surface area contributed by atoms with E-state index in [1.807, 2.05) is 30.3 Å². The summed E-state index contributed by atoms with van der Waals surface area (Å²) in [7, 11) is 0. The highest BCUT2D eigenvalue weighted by molar-refractivity contribution is 5.13. The fraction of sp³-hybridized carbons (Fsp3) is 0.455. The van der Waals surface area contributed by atoms with E-state index in [4.69, 9.17) is 9.47 Å². The molecule has 0 N–H and O–H groups in total. The first-order chi connectivity index (χ1) is 6.79. The first-order valence-electron chi connectivity index (χ1n) is 4.73. The molecule has 0 amide bonds. The standard InChI is InChI=1S/C11H13FO2/c12-11(6-7-14-11)9-13-8-10-4-2-1-3-5-10/h1-5H,6-9H2. The Morgan fingerprint density at radius 3 is 2.64 bits per heavy atom. The number of alkyl halides is 1. The summed E-state index contributed by atoms with van der Waals surface area (Å²) in [5.74, 6) is -1.52. The van der Waals surface area contributed by atoms with Crippen LogP contribution in [0.25, 0.3) is 0 Å². The Bertz CT molecular complexity index is 283. The zero-order chi connectivity index (χ0) is 9.86. The van der Waals surface area contributed by atoms with E-state index in [2.05, 4.69) is 0 Å². The lowest BCUT2D eigenvalue weighted by Crippen LogP contribution is -2.43. The normalized spacial score (nSPS) is 25.8. The van der Waals surface area contributed by atoms with Crippen molar-refractivity contribution in [1.29, 1.82) is 0 Å². The number of hydrogen-bond acceptors (Lipinski definition) is 2. The van der Waals surface area contributed by atoms with Crippen LogP contribution < -0.4 is 0 Å². The third kappa shape index (κ3) is 2.30. The second-order valence-electron chi connectivity index (χ2n) is 3.46. The van der Waals surface area contributed by atoms with E-state index in [0.717, 1.165) is 5.56 Å². The molecule has 1 fully saturated rings. The van der Waals surface area contributed by atoms with Gasteiger partial charge in [0.15, 0.2) is 0 Å². The van der Waals surface area contributed by atoms with E-state index in [0.29, 0.717) is 19.6 Å². The Kier molecular flexibility index (Phi) is 2.79. The molecule has 0 radical (unpaired) electrons. The highest BCUT2D eigenvalue weighted by Crippen LogP contribution is 2.28. The molecule has 1 atom stereocenters. The average molecular weight is 196 g/mol. The molecule has 76 valence electrons. The van der Waals surface area contributed by atoms with Crippen LogP contribution in [0, 0.1) is 0 Å². The number of halogens is 1. The summed E-state index contributed by atoms with van der Waals surface area (Å²) in [4.78, 5) is 0. The molecule has 1 aliphatic heterocycles. The zero-order valence-corrected chi connectivity index (χ0v) is 7.91. The second kappa shape index (κ2) is 4.07. The van der Waals surface area contributed by atoms with Crippen LogP contribution >= 0.6 is 0 Å². The molecule has 1 saturated heterocycles. The van der Waals surface area contributed by atoms with E-state index in [-0.39, 0.29) is 6.61 Å². The van der Waals surface area contributed by atoms with Gasteiger partial charge in [0.2, 0.25) is 5.85 Å². The molecule has 1 heterocycles. The molecule has 0 bridgehead atoms. The number of ether oxygens (including phenoxy) is 2. The van der Waals surface area contributed by atoms with Gasteiger partial charge in [-0.15, -0.1) is 0 Å². The summed E-state index contributed by atoms with van der Waals surface area (Å²) < 4.78 is 23.3. The maximum Gasteiger partial charge on any atom is 0.235 e. The van der Waals surface area contributed by atoms with Gasteiger partial charge in [-0.2, -0.15) is 0 Å². The van der Waals surface area contributed by atoms with Crippen LogP contribution in [0.5, 0.6) is 0 Å². The monoisotopic (exact) mass is 196 g/mol. The molecule has 1 unspecified atom stereocenters. The van der Waals surface area contributed by atoms with Gasteiger partial charge in [-0.1, -0.05) is 30.3 Å². The minimum atomic E-state index is -1.52. The molecular formula is C11H13FO2. The number of rotatable bonds is 4. The van der Waals surface area contributed by atoms with Crippen molar-refractivity contribution in [1.82, 2.24) is 0 Å². The van der Waals surface area contributed by atoms with Gasteiger partial charge in [0.1, 0.15) is 6.61 Å². The Hall–Kier alpha value is -0.930. The lowest BCUT2D eigenvalue weighted by molar-refractivity contribution is -0.259. The van der Waals surface area contributed by atoms with Crippen LogP contribution in [0.15, 0.2) is 30.3 Å². The summed E-state index contributed by atoms with van der Waals surface area (Å²) in [5.41, 5.74) is 1.05. The Balaban J connectivity index is 1.73. The summed E-state index contributed by atoms with van der Waals surface area (Å²) in [6.45, 7) is 0.975. The van der Waals surface area contributed by atoms with Crippen LogP contribution in [0.2, 0.25) is 0 Å². The van der Waals surface area contributed by atoms with Gasteiger partial charge in [-0.3, -0.25) is 0 Å². The van der Waals surface area contributed by atoms with Gasteiger partial charge in [0.05, 0.1) is 13.2 Å². The van der Waals surface area contributed by atoms with E-state index < -0.39 is 5.85 Å². The molecule has 14 heavy (non-hydrogen) atoms. The molecule has 0 saturated carbocycles. The van der Waals surface area contributed by atoms with Gasteiger partial charge < -0.3 is 9.47 Å². The van der Waals surface area contributed by atoms with Crippen molar-refractivity contribution in [2.75, 3.05) is 13.2 Å². The average Bonchev–Trinajstić information content (AvgIpc) is 2.17. The van der Waals surface area contributed by atoms with E-state index in [9.17, 15) is 4.39 Å². The minimum Gasteiger partial charge on any atom is -0.371 e. The Morgan fingerprint density at radius 1 is 1.36 bits per heavy atom. The quantitative estimate of drug-likeness (QED) is 0.735. The van der Waals surface area contributed by atoms with Crippen molar-refractivity contribution in [2.45, 2.75) is 18.9 Å². The summed E-state index contributed by atoms with van der Waals surface area (Å²) in [6, 6.07) is 9.71. The molecule has 1 aromatic carbocycles. The highest BCUT2D eigenvalue weighted by Gasteiger charge is 2.38. The Morgan fingerprint density at radius 2 is 2.07 bits per heavy atom. The topological polar surface area (TPSA) is 18.5 Å². The molecule has 1 aromatic rings. The van der Waals surface area contributed by atoms with Crippen molar-refractivity contribution in [3.8, 4) is 0 Å². The van der Waals surface area contributed by atoms with Gasteiger partial charge in [0.25, 0.3) is 0 Å². The van der Waals surface area contributed by atoms with Crippen LogP contribution in [-0.2, 0) is 16.1 Å². The van der Waals surface area contributed by atoms with E-state index in [1.54, 1.807) is 0 Å². The van der Waals surface area contributed by atoms with Crippen molar-refractivity contribution in [3.05, 3.63) is 35.9 Å². The lowest BCUT2D eigenvalue weighted by atomic mass is 10.1. The van der Waals surface area contributed by atoms with Gasteiger partial charge >= 0.3 is 0 Å². The van der Waals surface area contributed by atoms with E-state index >= 15 is 0 Å². The summed E-state index contributed by atoms with van der Waals surface area (Å²) in [6.07, 6.45) is 0.446. The number of hydrogen-bond donors (Lipinski definition) is 0. The molecule has 1 aliphatic rings. The first-order valence-corrected chi connectivity index (χ1v) is 4.73. The SMILES string of the molecule is FC1(COCc2ccccc2)CCO1. The molecule has 2 nitrogen and oxygen atoms in total. The van der Waals surface area contributed by atoms with Crippen LogP contribution in [0.3, 0.4) is 0 Å². The van der Waals surface area contributed by atoms with Crippen molar-refractivity contribution in [3.63, 3.8) is 0 Å². The predicted molar refractivity (Wildman–Crippen MR) is 50.5 cm³/mol. The summed E-state index contributed by atoms with van der Waals surface area (Å²) >= 11 is 0. The van der Waals surface area contributed by atoms with Gasteiger partial charge in [-0.25, -0.2) is 4.39 Å². The largest absolute Gasteiger partial charge is 0.371 e. The maximum absolute atomic E-state index is 13.3. The van der Waals surface area contributed by atoms with Gasteiger partial charge in [0, 0.05) is 6.42 Å². The first kappa shape index (κ1) is 9.62. The highest BCUT2D eigenvalue weighted by atomic mass is 19.2. The van der Waals surface area contributed by atoms with Crippen molar-refractivity contribution < 1.29 is 13.9 Å². The van der Waals surface area contributed by atoms with Crippen LogP contribution in [0.1, 0.15) is 12.0 Å². The predicted octanol–water partition coefficient (Wildman–Crippen LogP) is 2.29. The third-order valence-electron chi connectivity index (χ3n) is 2.27. The molecule has 0 aliphatic carbocycles. The Labute approximate surface area is 82.6 Å². The fourth-order valence-electron chi connectivity index (χ4n) is 1.33. The third-order valence-corrected chi connectivity index (χ3v) is 2.27. The van der Waals surface area contributed by atoms with E-state index in [1.165, 1.54) is 0 Å². The molecule has 0 aromatic heterocycles. The fourth-order valence-corrected chi connectivity index (χ4v) is 1.33. The summed E-state index contributed by atoms with van der Waals surface area (Å²) in [5, 5.41) is 0. The smallest absolute Gasteiger partial charge is 0.235 e. The molecule has 3 heteroatoms. The molecule has 2 rings (SSSR count). The maximum atomic E-state index is 13.3. The van der Waals surface area contributed by atoms with Crippen LogP contribution in [0.4, 0.5) is 4.39 Å². The molecular weight excluding hydrogens is 183 g/mol. The van der Waals surface area contributed by atoms with Crippen molar-refractivity contribution in [2.24, 2.45) is 0 Å².